The molecule has 1 rings (SSSR count). The topological polar surface area (TPSA) is 86.7 Å². The molecule has 2 N–H and O–H groups in total. The van der Waals surface area contributed by atoms with Crippen LogP contribution in [0.5, 0.6) is 0 Å². The lowest BCUT2D eigenvalue weighted by Crippen LogP contribution is -2.38. The molecule has 1 unspecified atom stereocenters. The van der Waals surface area contributed by atoms with Crippen molar-refractivity contribution >= 4 is 17.8 Å². The summed E-state index contributed by atoms with van der Waals surface area (Å²) >= 11 is 0. The minimum Gasteiger partial charge on any atom is -0.478 e. The third kappa shape index (κ3) is 2.41. The number of nitrogens with one attached hydrogen (secondary N) is 1. The smallest absolute Gasteiger partial charge is 0.332 e. The number of carboxylic acid groups (broad SMARTS) is 1. The molecule has 1 heterocycles. The molecule has 0 aromatic rings. The Morgan fingerprint density at radius 2 is 2.27 bits per heavy atom. The van der Waals surface area contributed by atoms with Gasteiger partial charge in [0, 0.05) is 19.2 Å². The first-order chi connectivity index (χ1) is 6.93. The average Bonchev–Trinajstić information content (AvgIpc) is 2.42. The van der Waals surface area contributed by atoms with E-state index in [0.717, 1.165) is 4.90 Å². The minimum absolute atomic E-state index is 0.00708. The normalized spacial score (nSPS) is 20.9. The van der Waals surface area contributed by atoms with Crippen LogP contribution in [0.4, 0.5) is 0 Å². The van der Waals surface area contributed by atoms with Gasteiger partial charge in [0.15, 0.2) is 0 Å². The summed E-state index contributed by atoms with van der Waals surface area (Å²) in [5, 5.41) is 11.2. The Bertz CT molecular complexity index is 337. The fraction of sp³-hybridized carbons (Fsp3) is 0.444. The van der Waals surface area contributed by atoms with E-state index in [9.17, 15) is 14.4 Å². The summed E-state index contributed by atoms with van der Waals surface area (Å²) in [7, 11) is 1.40. The fourth-order valence-corrected chi connectivity index (χ4v) is 1.24. The van der Waals surface area contributed by atoms with Gasteiger partial charge in [-0.3, -0.25) is 14.5 Å². The molecule has 6 heteroatoms. The monoisotopic (exact) mass is 212 g/mol. The van der Waals surface area contributed by atoms with Crippen molar-refractivity contribution in [3.8, 4) is 0 Å². The quantitative estimate of drug-likeness (QED) is 0.460. The lowest BCUT2D eigenvalue weighted by atomic mass is 10.2. The summed E-state index contributed by atoms with van der Waals surface area (Å²) in [6.45, 7) is 3.30. The zero-order valence-electron chi connectivity index (χ0n) is 8.32. The SMILES string of the molecule is C=C(CNC1CC(=O)N(C)C1=O)C(=O)O. The molecule has 0 aromatic carbocycles. The van der Waals surface area contributed by atoms with Crippen molar-refractivity contribution < 1.29 is 19.5 Å². The second kappa shape index (κ2) is 4.22. The zero-order chi connectivity index (χ0) is 11.6. The summed E-state index contributed by atoms with van der Waals surface area (Å²) < 4.78 is 0. The Morgan fingerprint density at radius 3 is 2.67 bits per heavy atom. The first kappa shape index (κ1) is 11.4. The number of likely N-dealkylation sites (N-methyl/N-ethyl adjacent to an activating group) is 1. The van der Waals surface area contributed by atoms with Gasteiger partial charge >= 0.3 is 5.97 Å². The molecule has 1 fully saturated rings. The van der Waals surface area contributed by atoms with Gasteiger partial charge in [0.25, 0.3) is 0 Å². The first-order valence-corrected chi connectivity index (χ1v) is 4.38. The number of hydrogen-bond donors (Lipinski definition) is 2. The van der Waals surface area contributed by atoms with Gasteiger partial charge in [-0.05, 0) is 0 Å². The summed E-state index contributed by atoms with van der Waals surface area (Å²) in [6.07, 6.45) is 0.0717. The molecule has 0 saturated carbocycles. The van der Waals surface area contributed by atoms with Crippen molar-refractivity contribution in [2.45, 2.75) is 12.5 Å². The fourth-order valence-electron chi connectivity index (χ4n) is 1.24. The van der Waals surface area contributed by atoms with Crippen LogP contribution in [-0.4, -0.2) is 47.4 Å². The highest BCUT2D eigenvalue weighted by Gasteiger charge is 2.35. The molecule has 6 nitrogen and oxygen atoms in total. The number of likely N-dealkylation sites (tertiary alicyclic amines) is 1. The minimum atomic E-state index is -1.12. The van der Waals surface area contributed by atoms with Crippen LogP contribution in [0.1, 0.15) is 6.42 Å². The number of amides is 2. The van der Waals surface area contributed by atoms with E-state index in [1.807, 2.05) is 0 Å². The number of carbonyl (C=O) groups excluding carboxylic acids is 2. The molecule has 15 heavy (non-hydrogen) atoms. The molecular formula is C9H12N2O4. The third-order valence-electron chi connectivity index (χ3n) is 2.25. The van der Waals surface area contributed by atoms with Crippen LogP contribution in [0.15, 0.2) is 12.2 Å². The third-order valence-corrected chi connectivity index (χ3v) is 2.25. The van der Waals surface area contributed by atoms with Gasteiger partial charge < -0.3 is 10.4 Å². The lowest BCUT2D eigenvalue weighted by molar-refractivity contribution is -0.137. The molecule has 1 atom stereocenters. The van der Waals surface area contributed by atoms with Gasteiger partial charge in [-0.15, -0.1) is 0 Å². The molecule has 1 aliphatic rings. The van der Waals surface area contributed by atoms with Gasteiger partial charge in [-0.1, -0.05) is 6.58 Å². The molecule has 0 aromatic heterocycles. The average molecular weight is 212 g/mol. The Morgan fingerprint density at radius 1 is 1.67 bits per heavy atom. The molecule has 82 valence electrons. The maximum Gasteiger partial charge on any atom is 0.332 e. The number of carbonyl (C=O) groups is 3. The van der Waals surface area contributed by atoms with Crippen molar-refractivity contribution in [3.05, 3.63) is 12.2 Å². The van der Waals surface area contributed by atoms with Crippen LogP contribution < -0.4 is 5.32 Å². The number of rotatable bonds is 4. The largest absolute Gasteiger partial charge is 0.478 e. The molecule has 0 aliphatic carbocycles. The standard InChI is InChI=1S/C9H12N2O4/c1-5(9(14)15)4-10-6-3-7(12)11(2)8(6)13/h6,10H,1,3-4H2,2H3,(H,14,15). The molecule has 1 aliphatic heterocycles. The zero-order valence-corrected chi connectivity index (χ0v) is 8.32. The van der Waals surface area contributed by atoms with Crippen LogP contribution in [0, 0.1) is 0 Å². The Balaban J connectivity index is 2.48. The molecule has 2 amide bonds. The van der Waals surface area contributed by atoms with E-state index < -0.39 is 12.0 Å². The van der Waals surface area contributed by atoms with E-state index in [0.29, 0.717) is 0 Å². The van der Waals surface area contributed by atoms with Crippen LogP contribution in [-0.2, 0) is 14.4 Å². The van der Waals surface area contributed by atoms with Gasteiger partial charge in [0.05, 0.1) is 12.5 Å². The summed E-state index contributed by atoms with van der Waals surface area (Å²) in [5.74, 6) is -1.72. The van der Waals surface area contributed by atoms with E-state index >= 15 is 0 Å². The van der Waals surface area contributed by atoms with Crippen LogP contribution in [0.25, 0.3) is 0 Å². The summed E-state index contributed by atoms with van der Waals surface area (Å²) in [5.41, 5.74) is -0.0372. The van der Waals surface area contributed by atoms with Crippen LogP contribution in [0.2, 0.25) is 0 Å². The van der Waals surface area contributed by atoms with E-state index in [-0.39, 0.29) is 30.4 Å². The maximum atomic E-state index is 11.4. The molecule has 0 radical (unpaired) electrons. The first-order valence-electron chi connectivity index (χ1n) is 4.38. The van der Waals surface area contributed by atoms with Crippen LogP contribution in [0.3, 0.4) is 0 Å². The number of nitrogens with zero attached hydrogens (tertiary/aromatic N) is 1. The van der Waals surface area contributed by atoms with Gasteiger partial charge in [-0.25, -0.2) is 4.79 Å². The second-order valence-corrected chi connectivity index (χ2v) is 3.34. The molecule has 0 bridgehead atoms. The number of aliphatic carboxylic acids is 1. The number of carboxylic acids is 1. The van der Waals surface area contributed by atoms with Gasteiger partial charge in [0.1, 0.15) is 0 Å². The predicted octanol–water partition coefficient (Wildman–Crippen LogP) is -1.03. The molecule has 0 spiro atoms. The highest BCUT2D eigenvalue weighted by molar-refractivity contribution is 6.05. The van der Waals surface area contributed by atoms with Crippen molar-refractivity contribution in [2.75, 3.05) is 13.6 Å². The highest BCUT2D eigenvalue weighted by Crippen LogP contribution is 2.10. The van der Waals surface area contributed by atoms with Gasteiger partial charge in [-0.2, -0.15) is 0 Å². The van der Waals surface area contributed by atoms with Crippen molar-refractivity contribution in [2.24, 2.45) is 0 Å². The Labute approximate surface area is 86.6 Å². The van der Waals surface area contributed by atoms with E-state index in [4.69, 9.17) is 5.11 Å². The molecule has 1 saturated heterocycles. The summed E-state index contributed by atoms with van der Waals surface area (Å²) in [6, 6.07) is -0.626. The Hall–Kier alpha value is -1.69. The van der Waals surface area contributed by atoms with Crippen molar-refractivity contribution in [1.29, 1.82) is 0 Å². The van der Waals surface area contributed by atoms with E-state index in [2.05, 4.69) is 11.9 Å². The van der Waals surface area contributed by atoms with E-state index in [1.165, 1.54) is 7.05 Å². The van der Waals surface area contributed by atoms with Crippen molar-refractivity contribution in [1.82, 2.24) is 10.2 Å². The van der Waals surface area contributed by atoms with Gasteiger partial charge in [0.2, 0.25) is 11.8 Å². The highest BCUT2D eigenvalue weighted by atomic mass is 16.4. The van der Waals surface area contributed by atoms with Crippen LogP contribution >= 0.6 is 0 Å². The Kier molecular flexibility index (Phi) is 3.21. The number of imide groups is 1. The summed E-state index contributed by atoms with van der Waals surface area (Å²) in [4.78, 5) is 33.9. The number of hydrogen-bond acceptors (Lipinski definition) is 4. The second-order valence-electron chi connectivity index (χ2n) is 3.34. The predicted molar refractivity (Wildman–Crippen MR) is 51.0 cm³/mol. The molecular weight excluding hydrogens is 200 g/mol. The lowest BCUT2D eigenvalue weighted by Gasteiger charge is -2.10. The van der Waals surface area contributed by atoms with E-state index in [1.54, 1.807) is 0 Å². The maximum absolute atomic E-state index is 11.4. The van der Waals surface area contributed by atoms with Crippen molar-refractivity contribution in [3.63, 3.8) is 0 Å².